The molecular weight excluding hydrogens is 296 g/mol. The van der Waals surface area contributed by atoms with Gasteiger partial charge in [-0.1, -0.05) is 13.8 Å². The van der Waals surface area contributed by atoms with E-state index in [1.165, 1.54) is 19.1 Å². The molecule has 6 heteroatoms. The van der Waals surface area contributed by atoms with Crippen LogP contribution in [0.15, 0.2) is 18.2 Å². The Labute approximate surface area is 137 Å². The molecule has 0 aliphatic heterocycles. The molecule has 2 amide bonds. The Morgan fingerprint density at radius 2 is 1.61 bits per heavy atom. The molecule has 128 valence electrons. The van der Waals surface area contributed by atoms with Crippen molar-refractivity contribution < 1.29 is 19.1 Å². The molecule has 0 fully saturated rings. The largest absolute Gasteiger partial charge is 0.497 e. The van der Waals surface area contributed by atoms with Crippen molar-refractivity contribution in [3.8, 4) is 11.5 Å². The van der Waals surface area contributed by atoms with E-state index in [0.717, 1.165) is 0 Å². The molecule has 0 unspecified atom stereocenters. The Balaban J connectivity index is 3.00. The highest BCUT2D eigenvalue weighted by atomic mass is 16.5. The van der Waals surface area contributed by atoms with E-state index in [-0.39, 0.29) is 17.7 Å². The van der Waals surface area contributed by atoms with Crippen molar-refractivity contribution in [2.75, 3.05) is 28.3 Å². The zero-order chi connectivity index (χ0) is 17.6. The van der Waals surface area contributed by atoms with Gasteiger partial charge in [-0.25, -0.2) is 0 Å². The number of carbonyl (C=O) groups is 2. The van der Waals surface area contributed by atoms with E-state index in [0.29, 0.717) is 23.5 Å². The number of rotatable bonds is 7. The predicted octanol–water partition coefficient (Wildman–Crippen LogP) is 1.94. The first-order chi connectivity index (χ1) is 10.8. The number of carbonyl (C=O) groups excluding carboxylic acids is 2. The minimum atomic E-state index is -0.560. The fourth-order valence-electron chi connectivity index (χ4n) is 2.18. The lowest BCUT2D eigenvalue weighted by Gasteiger charge is -2.23. The molecule has 0 heterocycles. The third-order valence-electron chi connectivity index (χ3n) is 3.36. The molecule has 6 nitrogen and oxygen atoms in total. The fourth-order valence-corrected chi connectivity index (χ4v) is 2.18. The van der Waals surface area contributed by atoms with Crippen LogP contribution in [-0.2, 0) is 4.79 Å². The number of methoxy groups -OCH3 is 2. The number of nitrogens with one attached hydrogen (secondary N) is 1. The summed E-state index contributed by atoms with van der Waals surface area (Å²) < 4.78 is 10.3. The molecular formula is C17H26N2O4. The van der Waals surface area contributed by atoms with E-state index in [9.17, 15) is 9.59 Å². The molecule has 0 saturated carbocycles. The van der Waals surface area contributed by atoms with Gasteiger partial charge in [-0.05, 0) is 24.5 Å². The van der Waals surface area contributed by atoms with Gasteiger partial charge in [0.2, 0.25) is 5.91 Å². The van der Waals surface area contributed by atoms with Crippen molar-refractivity contribution in [1.82, 2.24) is 10.2 Å². The van der Waals surface area contributed by atoms with Crippen LogP contribution >= 0.6 is 0 Å². The Hall–Kier alpha value is -2.24. The number of hydrogen-bond acceptors (Lipinski definition) is 4. The fraction of sp³-hybridized carbons (Fsp3) is 0.529. The summed E-state index contributed by atoms with van der Waals surface area (Å²) in [5.74, 6) is 0.872. The molecule has 0 aliphatic carbocycles. The van der Waals surface area contributed by atoms with Crippen LogP contribution in [0.3, 0.4) is 0 Å². The standard InChI is InChI=1S/C17H26N2O4/c1-11(2)7-15(17(21)19(3)4)18-16(20)12-8-13(22-5)10-14(9-12)23-6/h8-11,15H,7H2,1-6H3,(H,18,20)/t15-/m0/s1. The highest BCUT2D eigenvalue weighted by Crippen LogP contribution is 2.22. The van der Waals surface area contributed by atoms with Crippen molar-refractivity contribution >= 4 is 11.8 Å². The molecule has 23 heavy (non-hydrogen) atoms. The van der Waals surface area contributed by atoms with Crippen LogP contribution in [0.4, 0.5) is 0 Å². The van der Waals surface area contributed by atoms with Crippen LogP contribution in [0.1, 0.15) is 30.6 Å². The lowest BCUT2D eigenvalue weighted by Crippen LogP contribution is -2.46. The van der Waals surface area contributed by atoms with Gasteiger partial charge in [-0.2, -0.15) is 0 Å². The van der Waals surface area contributed by atoms with E-state index >= 15 is 0 Å². The second-order valence-electron chi connectivity index (χ2n) is 5.99. The summed E-state index contributed by atoms with van der Waals surface area (Å²) in [7, 11) is 6.40. The van der Waals surface area contributed by atoms with Gasteiger partial charge >= 0.3 is 0 Å². The minimum Gasteiger partial charge on any atom is -0.497 e. The molecule has 1 N–H and O–H groups in total. The Morgan fingerprint density at radius 3 is 2.00 bits per heavy atom. The van der Waals surface area contributed by atoms with Gasteiger partial charge in [-0.15, -0.1) is 0 Å². The maximum absolute atomic E-state index is 12.5. The average molecular weight is 322 g/mol. The Kier molecular flexibility index (Phi) is 6.88. The highest BCUT2D eigenvalue weighted by Gasteiger charge is 2.24. The zero-order valence-electron chi connectivity index (χ0n) is 14.7. The SMILES string of the molecule is COc1cc(OC)cc(C(=O)N[C@@H](CC(C)C)C(=O)N(C)C)c1. The summed E-state index contributed by atoms with van der Waals surface area (Å²) in [6.45, 7) is 4.02. The van der Waals surface area contributed by atoms with Crippen molar-refractivity contribution in [3.05, 3.63) is 23.8 Å². The lowest BCUT2D eigenvalue weighted by atomic mass is 10.0. The van der Waals surface area contributed by atoms with E-state index in [1.807, 2.05) is 13.8 Å². The van der Waals surface area contributed by atoms with Crippen LogP contribution in [0.25, 0.3) is 0 Å². The van der Waals surface area contributed by atoms with Gasteiger partial charge in [0, 0.05) is 25.7 Å². The predicted molar refractivity (Wildman–Crippen MR) is 88.9 cm³/mol. The summed E-state index contributed by atoms with van der Waals surface area (Å²) in [5, 5.41) is 2.81. The van der Waals surface area contributed by atoms with Gasteiger partial charge in [0.1, 0.15) is 17.5 Å². The molecule has 1 rings (SSSR count). The van der Waals surface area contributed by atoms with Gasteiger partial charge in [0.05, 0.1) is 14.2 Å². The van der Waals surface area contributed by atoms with Crippen molar-refractivity contribution in [2.45, 2.75) is 26.3 Å². The van der Waals surface area contributed by atoms with Gasteiger partial charge in [0.15, 0.2) is 0 Å². The molecule has 1 atom stereocenters. The third kappa shape index (κ3) is 5.47. The van der Waals surface area contributed by atoms with E-state index in [4.69, 9.17) is 9.47 Å². The molecule has 0 aliphatic rings. The van der Waals surface area contributed by atoms with Crippen molar-refractivity contribution in [3.63, 3.8) is 0 Å². The molecule has 0 spiro atoms. The van der Waals surface area contributed by atoms with Gasteiger partial charge in [0.25, 0.3) is 5.91 Å². The minimum absolute atomic E-state index is 0.123. The maximum atomic E-state index is 12.5. The number of benzene rings is 1. The molecule has 1 aromatic rings. The number of ether oxygens (including phenoxy) is 2. The third-order valence-corrected chi connectivity index (χ3v) is 3.36. The number of nitrogens with zero attached hydrogens (tertiary/aromatic N) is 1. The summed E-state index contributed by atoms with van der Waals surface area (Å²) in [6.07, 6.45) is 0.573. The monoisotopic (exact) mass is 322 g/mol. The Morgan fingerprint density at radius 1 is 1.09 bits per heavy atom. The average Bonchev–Trinajstić information content (AvgIpc) is 2.52. The van der Waals surface area contributed by atoms with E-state index in [2.05, 4.69) is 5.32 Å². The summed E-state index contributed by atoms with van der Waals surface area (Å²) in [5.41, 5.74) is 0.390. The summed E-state index contributed by atoms with van der Waals surface area (Å²) in [6, 6.07) is 4.36. The molecule has 0 radical (unpaired) electrons. The number of hydrogen-bond donors (Lipinski definition) is 1. The molecule has 1 aromatic carbocycles. The quantitative estimate of drug-likeness (QED) is 0.833. The smallest absolute Gasteiger partial charge is 0.252 e. The normalized spacial score (nSPS) is 11.8. The van der Waals surface area contributed by atoms with E-state index in [1.54, 1.807) is 32.3 Å². The van der Waals surface area contributed by atoms with Crippen molar-refractivity contribution in [2.24, 2.45) is 5.92 Å². The van der Waals surface area contributed by atoms with Crippen LogP contribution in [0.2, 0.25) is 0 Å². The number of likely N-dealkylation sites (N-methyl/N-ethyl adjacent to an activating group) is 1. The van der Waals surface area contributed by atoms with Crippen LogP contribution in [0, 0.1) is 5.92 Å². The highest BCUT2D eigenvalue weighted by molar-refractivity contribution is 5.98. The zero-order valence-corrected chi connectivity index (χ0v) is 14.7. The second kappa shape index (κ2) is 8.41. The second-order valence-corrected chi connectivity index (χ2v) is 5.99. The first kappa shape index (κ1) is 18.8. The molecule has 0 bridgehead atoms. The first-order valence-corrected chi connectivity index (χ1v) is 7.53. The summed E-state index contributed by atoms with van der Waals surface area (Å²) >= 11 is 0. The van der Waals surface area contributed by atoms with Crippen LogP contribution in [0.5, 0.6) is 11.5 Å². The topological polar surface area (TPSA) is 67.9 Å². The van der Waals surface area contributed by atoms with E-state index < -0.39 is 6.04 Å². The van der Waals surface area contributed by atoms with Gasteiger partial charge < -0.3 is 19.7 Å². The maximum Gasteiger partial charge on any atom is 0.252 e. The van der Waals surface area contributed by atoms with Crippen LogP contribution < -0.4 is 14.8 Å². The van der Waals surface area contributed by atoms with Crippen molar-refractivity contribution in [1.29, 1.82) is 0 Å². The molecule has 0 saturated heterocycles. The Bertz CT molecular complexity index is 533. The first-order valence-electron chi connectivity index (χ1n) is 7.53. The molecule has 0 aromatic heterocycles. The van der Waals surface area contributed by atoms with Crippen LogP contribution in [-0.4, -0.2) is 51.1 Å². The summed E-state index contributed by atoms with van der Waals surface area (Å²) in [4.78, 5) is 26.2. The van der Waals surface area contributed by atoms with Gasteiger partial charge in [-0.3, -0.25) is 9.59 Å². The lowest BCUT2D eigenvalue weighted by molar-refractivity contribution is -0.131. The number of amides is 2.